The van der Waals surface area contributed by atoms with Crippen molar-refractivity contribution in [1.29, 1.82) is 0 Å². The maximum Gasteiger partial charge on any atom is 0.509 e. The van der Waals surface area contributed by atoms with Crippen molar-refractivity contribution in [3.8, 4) is 0 Å². The molecule has 6 aliphatic rings. The summed E-state index contributed by atoms with van der Waals surface area (Å²) in [6.07, 6.45) is 1.00. The van der Waals surface area contributed by atoms with Crippen molar-refractivity contribution >= 4 is 17.9 Å². The van der Waals surface area contributed by atoms with E-state index in [0.29, 0.717) is 12.3 Å². The van der Waals surface area contributed by atoms with Crippen LogP contribution in [0.3, 0.4) is 0 Å². The minimum absolute atomic E-state index is 0.0256. The summed E-state index contributed by atoms with van der Waals surface area (Å²) in [5.74, 6) is -4.40. The standard InChI is InChI=1S/C33H43F3O7/c1-17-11-20-21-14-23(35)22-13-19(37)8-10-29(22,4)32(21,36)24(38)15-31(20,6)33(17,26(39)41-16-34)43-27(40)42-25-12-18-7-9-30(25,5)28(18,2)3/h8,10,17-18,20-21,24-25,38H,7,9,11-16H2,1-6H3/t17-,18-,20+,21+,24+,25+,29+,30+,31+,32+,33+/m1/s1. The average molecular weight is 609 g/mol. The van der Waals surface area contributed by atoms with Gasteiger partial charge in [0.1, 0.15) is 11.9 Å². The maximum absolute atomic E-state index is 17.6. The number of aliphatic hydroxyl groups is 1. The van der Waals surface area contributed by atoms with Gasteiger partial charge in [-0.2, -0.15) is 0 Å². The number of hydrogen-bond donors (Lipinski definition) is 1. The number of hydrogen-bond acceptors (Lipinski definition) is 7. The third-order valence-electron chi connectivity index (χ3n) is 13.9. The summed E-state index contributed by atoms with van der Waals surface area (Å²) in [4.78, 5) is 39.5. The molecule has 0 saturated heterocycles. The highest BCUT2D eigenvalue weighted by Crippen LogP contribution is 2.72. The van der Waals surface area contributed by atoms with Crippen LogP contribution in [0.15, 0.2) is 23.6 Å². The molecule has 6 rings (SSSR count). The number of ketones is 1. The van der Waals surface area contributed by atoms with Gasteiger partial charge in [0.15, 0.2) is 11.5 Å². The molecule has 0 unspecified atom stereocenters. The predicted octanol–water partition coefficient (Wildman–Crippen LogP) is 6.48. The number of rotatable bonds is 4. The topological polar surface area (TPSA) is 99.1 Å². The molecule has 0 spiro atoms. The van der Waals surface area contributed by atoms with Crippen LogP contribution < -0.4 is 0 Å². The van der Waals surface area contributed by atoms with Crippen molar-refractivity contribution < 1.29 is 46.9 Å². The lowest BCUT2D eigenvalue weighted by Crippen LogP contribution is -2.70. The Labute approximate surface area is 250 Å². The Bertz CT molecular complexity index is 1330. The molecule has 43 heavy (non-hydrogen) atoms. The van der Waals surface area contributed by atoms with Crippen molar-refractivity contribution in [3.05, 3.63) is 23.6 Å². The van der Waals surface area contributed by atoms with E-state index in [1.165, 1.54) is 19.1 Å². The molecular weight excluding hydrogens is 565 g/mol. The Morgan fingerprint density at radius 3 is 2.40 bits per heavy atom. The second kappa shape index (κ2) is 9.33. The van der Waals surface area contributed by atoms with E-state index in [4.69, 9.17) is 14.2 Å². The molecule has 4 fully saturated rings. The summed E-state index contributed by atoms with van der Waals surface area (Å²) in [6.45, 7) is 9.70. The molecule has 11 atom stereocenters. The van der Waals surface area contributed by atoms with Gasteiger partial charge in [-0.15, -0.1) is 0 Å². The number of carbonyl (C=O) groups excluding carboxylic acids is 3. The molecule has 0 aromatic heterocycles. The Hall–Kier alpha value is -2.36. The summed E-state index contributed by atoms with van der Waals surface area (Å²) < 4.78 is 63.7. The van der Waals surface area contributed by atoms with Crippen LogP contribution in [-0.4, -0.2) is 53.4 Å². The number of alkyl halides is 2. The summed E-state index contributed by atoms with van der Waals surface area (Å²) in [5, 5.41) is 11.7. The van der Waals surface area contributed by atoms with Gasteiger partial charge in [-0.25, -0.2) is 22.8 Å². The highest BCUT2D eigenvalue weighted by Gasteiger charge is 2.78. The molecule has 6 aliphatic carbocycles. The summed E-state index contributed by atoms with van der Waals surface area (Å²) in [6, 6.07) is 0. The monoisotopic (exact) mass is 608 g/mol. The first-order valence-corrected chi connectivity index (χ1v) is 15.5. The summed E-state index contributed by atoms with van der Waals surface area (Å²) >= 11 is 0. The van der Waals surface area contributed by atoms with Crippen LogP contribution in [0.25, 0.3) is 0 Å². The van der Waals surface area contributed by atoms with E-state index in [1.54, 1.807) is 13.8 Å². The number of fused-ring (bicyclic) bond motifs is 7. The zero-order chi connectivity index (χ0) is 31.5. The van der Waals surface area contributed by atoms with Crippen molar-refractivity contribution in [3.63, 3.8) is 0 Å². The number of allylic oxidation sites excluding steroid dienone is 4. The van der Waals surface area contributed by atoms with Gasteiger partial charge in [-0.05, 0) is 67.9 Å². The number of aliphatic hydroxyl groups excluding tert-OH is 1. The second-order valence-electron chi connectivity index (χ2n) is 15.4. The fraction of sp³-hybridized carbons (Fsp3) is 0.788. The SMILES string of the molecule is C[C@@H]1C[C@H]2[C@@H]3CC(F)=C4CC(=O)C=C[C@]4(C)[C@@]3(F)[C@@H](O)C[C@]2(C)[C@@]1(OC(=O)O[C@H]1C[C@H]2CC[C@]1(C)C2(C)C)C(=O)OCF. The number of ether oxygens (including phenoxy) is 3. The molecule has 1 N–H and O–H groups in total. The molecule has 0 heterocycles. The quantitative estimate of drug-likeness (QED) is 0.365. The van der Waals surface area contributed by atoms with Crippen molar-refractivity contribution in [1.82, 2.24) is 0 Å². The van der Waals surface area contributed by atoms with Gasteiger partial charge in [0.25, 0.3) is 0 Å². The molecule has 2 bridgehead atoms. The van der Waals surface area contributed by atoms with Crippen molar-refractivity contribution in [2.24, 2.45) is 45.3 Å². The van der Waals surface area contributed by atoms with Crippen LogP contribution in [0.1, 0.15) is 86.5 Å². The molecule has 10 heteroatoms. The molecule has 238 valence electrons. The van der Waals surface area contributed by atoms with E-state index < -0.39 is 76.9 Å². The third-order valence-corrected chi connectivity index (χ3v) is 13.9. The number of halogens is 3. The van der Waals surface area contributed by atoms with E-state index in [0.717, 1.165) is 12.8 Å². The van der Waals surface area contributed by atoms with E-state index in [1.807, 2.05) is 0 Å². The second-order valence-corrected chi connectivity index (χ2v) is 15.4. The van der Waals surface area contributed by atoms with Gasteiger partial charge < -0.3 is 19.3 Å². The Morgan fingerprint density at radius 1 is 1.09 bits per heavy atom. The van der Waals surface area contributed by atoms with Gasteiger partial charge in [0.05, 0.1) is 6.10 Å². The lowest BCUT2D eigenvalue weighted by Gasteiger charge is -2.62. The molecule has 0 aromatic carbocycles. The molecule has 0 aromatic rings. The molecule has 4 saturated carbocycles. The first-order chi connectivity index (χ1) is 19.9. The molecular formula is C33H43F3O7. The van der Waals surface area contributed by atoms with Crippen molar-refractivity contribution in [2.75, 3.05) is 6.86 Å². The van der Waals surface area contributed by atoms with Crippen LogP contribution in [0.2, 0.25) is 0 Å². The van der Waals surface area contributed by atoms with Crippen LogP contribution in [0.4, 0.5) is 18.0 Å². The molecule has 0 radical (unpaired) electrons. The number of esters is 1. The van der Waals surface area contributed by atoms with E-state index >= 15 is 8.78 Å². The average Bonchev–Trinajstić information content (AvgIpc) is 3.36. The zero-order valence-electron chi connectivity index (χ0n) is 25.8. The van der Waals surface area contributed by atoms with Crippen LogP contribution in [0, 0.1) is 45.3 Å². The van der Waals surface area contributed by atoms with E-state index in [-0.39, 0.29) is 47.9 Å². The minimum atomic E-state index is -2.37. The normalized spacial score (nSPS) is 49.3. The molecule has 7 nitrogen and oxygen atoms in total. The van der Waals surface area contributed by atoms with Crippen LogP contribution in [-0.2, 0) is 23.8 Å². The lowest BCUT2D eigenvalue weighted by atomic mass is 9.45. The van der Waals surface area contributed by atoms with Crippen LogP contribution >= 0.6 is 0 Å². The Morgan fingerprint density at radius 2 is 1.79 bits per heavy atom. The molecule has 0 amide bonds. The smallest absolute Gasteiger partial charge is 0.431 e. The van der Waals surface area contributed by atoms with Gasteiger partial charge in [0.2, 0.25) is 12.5 Å². The van der Waals surface area contributed by atoms with Gasteiger partial charge in [-0.3, -0.25) is 4.79 Å². The van der Waals surface area contributed by atoms with Gasteiger partial charge >= 0.3 is 12.1 Å². The lowest BCUT2D eigenvalue weighted by molar-refractivity contribution is -0.231. The Balaban J connectivity index is 1.38. The highest BCUT2D eigenvalue weighted by molar-refractivity contribution is 5.93. The van der Waals surface area contributed by atoms with Gasteiger partial charge in [-0.1, -0.05) is 40.7 Å². The Kier molecular flexibility index (Phi) is 6.65. The third kappa shape index (κ3) is 3.56. The summed E-state index contributed by atoms with van der Waals surface area (Å²) in [5.41, 5.74) is -7.86. The fourth-order valence-electron chi connectivity index (χ4n) is 10.9. The predicted molar refractivity (Wildman–Crippen MR) is 148 cm³/mol. The zero-order valence-corrected chi connectivity index (χ0v) is 25.8. The van der Waals surface area contributed by atoms with Crippen molar-refractivity contribution in [2.45, 2.75) is 110 Å². The number of carbonyl (C=O) groups is 3. The largest absolute Gasteiger partial charge is 0.509 e. The maximum atomic E-state index is 17.6. The minimum Gasteiger partial charge on any atom is -0.431 e. The van der Waals surface area contributed by atoms with E-state index in [9.17, 15) is 23.9 Å². The molecule has 0 aliphatic heterocycles. The summed E-state index contributed by atoms with van der Waals surface area (Å²) in [7, 11) is 0. The van der Waals surface area contributed by atoms with E-state index in [2.05, 4.69) is 20.8 Å². The fourth-order valence-corrected chi connectivity index (χ4v) is 10.9. The first kappa shape index (κ1) is 30.7. The first-order valence-electron chi connectivity index (χ1n) is 15.5. The van der Waals surface area contributed by atoms with Crippen LogP contribution in [0.5, 0.6) is 0 Å². The van der Waals surface area contributed by atoms with Gasteiger partial charge in [0, 0.05) is 40.9 Å². The highest BCUT2D eigenvalue weighted by atomic mass is 19.1.